The molecule has 1 atom stereocenters. The Morgan fingerprint density at radius 2 is 1.72 bits per heavy atom. The zero-order valence-corrected chi connectivity index (χ0v) is 19.4. The number of rotatable bonds is 3. The first-order valence-electron chi connectivity index (χ1n) is 11.6. The third kappa shape index (κ3) is 4.74. The fourth-order valence-electron chi connectivity index (χ4n) is 4.91. The Balaban J connectivity index is 1.41. The van der Waals surface area contributed by atoms with Crippen LogP contribution in [0.5, 0.6) is 0 Å². The Morgan fingerprint density at radius 1 is 0.938 bits per heavy atom. The van der Waals surface area contributed by atoms with Crippen molar-refractivity contribution in [2.45, 2.75) is 32.6 Å². The fraction of sp³-hybridized carbons (Fsp3) is 0.462. The largest absolute Gasteiger partial charge is 0.368 e. The number of urea groups is 1. The van der Waals surface area contributed by atoms with E-state index in [0.717, 1.165) is 56.7 Å². The number of nitrogens with one attached hydrogen (secondary N) is 1. The van der Waals surface area contributed by atoms with E-state index in [1.165, 1.54) is 16.8 Å². The van der Waals surface area contributed by atoms with Crippen LogP contribution >= 0.6 is 0 Å². The number of amides is 3. The molecular formula is C26H34N4O2. The maximum Gasteiger partial charge on any atom is 0.317 e. The number of hydrogen-bond donors (Lipinski definition) is 1. The van der Waals surface area contributed by atoms with Gasteiger partial charge in [-0.05, 0) is 61.6 Å². The van der Waals surface area contributed by atoms with Gasteiger partial charge in [0, 0.05) is 63.5 Å². The molecule has 2 aromatic rings. The van der Waals surface area contributed by atoms with Crippen molar-refractivity contribution < 1.29 is 9.59 Å². The van der Waals surface area contributed by atoms with Crippen LogP contribution in [0.25, 0.3) is 0 Å². The van der Waals surface area contributed by atoms with E-state index in [0.29, 0.717) is 6.54 Å². The molecule has 6 nitrogen and oxygen atoms in total. The lowest BCUT2D eigenvalue weighted by atomic mass is 9.89. The topological polar surface area (TPSA) is 55.9 Å². The summed E-state index contributed by atoms with van der Waals surface area (Å²) in [6, 6.07) is 14.6. The lowest BCUT2D eigenvalue weighted by Gasteiger charge is -2.37. The Morgan fingerprint density at radius 3 is 2.47 bits per heavy atom. The molecule has 0 unspecified atom stereocenters. The van der Waals surface area contributed by atoms with E-state index in [-0.39, 0.29) is 17.9 Å². The van der Waals surface area contributed by atoms with E-state index in [2.05, 4.69) is 48.3 Å². The molecule has 2 aliphatic heterocycles. The zero-order valence-electron chi connectivity index (χ0n) is 19.4. The molecule has 1 N–H and O–H groups in total. The minimum Gasteiger partial charge on any atom is -0.368 e. The predicted molar refractivity (Wildman–Crippen MR) is 128 cm³/mol. The molecule has 2 heterocycles. The van der Waals surface area contributed by atoms with Crippen molar-refractivity contribution in [3.05, 3.63) is 64.7 Å². The lowest BCUT2D eigenvalue weighted by Crippen LogP contribution is -2.49. The standard InChI is InChI=1S/C26H34N4O2/c1-19-9-10-20(2)24(16-19)28-12-14-29(15-13-28)25(31)22-7-4-6-21(17-22)23-8-5-11-30(18-23)26(32)27-3/h4,6-7,9-10,16-17,23H,5,8,11-15,18H2,1-3H3,(H,27,32)/t23-/m1/s1. The van der Waals surface area contributed by atoms with Crippen LogP contribution in [-0.2, 0) is 0 Å². The molecule has 32 heavy (non-hydrogen) atoms. The number of anilines is 1. The van der Waals surface area contributed by atoms with Crippen LogP contribution in [0.1, 0.15) is 45.8 Å². The van der Waals surface area contributed by atoms with Gasteiger partial charge >= 0.3 is 6.03 Å². The van der Waals surface area contributed by atoms with Gasteiger partial charge in [-0.15, -0.1) is 0 Å². The van der Waals surface area contributed by atoms with Gasteiger partial charge in [-0.2, -0.15) is 0 Å². The minimum atomic E-state index is -0.0244. The fourth-order valence-corrected chi connectivity index (χ4v) is 4.91. The molecule has 2 saturated heterocycles. The van der Waals surface area contributed by atoms with E-state index < -0.39 is 0 Å². The van der Waals surface area contributed by atoms with Crippen LogP contribution in [-0.4, -0.2) is 68.1 Å². The van der Waals surface area contributed by atoms with E-state index in [4.69, 9.17) is 0 Å². The van der Waals surface area contributed by atoms with Crippen LogP contribution in [0.3, 0.4) is 0 Å². The van der Waals surface area contributed by atoms with Gasteiger partial charge in [0.1, 0.15) is 0 Å². The second-order valence-electron chi connectivity index (χ2n) is 9.03. The monoisotopic (exact) mass is 434 g/mol. The van der Waals surface area contributed by atoms with E-state index in [1.807, 2.05) is 28.0 Å². The Bertz CT molecular complexity index is 982. The first kappa shape index (κ1) is 22.2. The number of aryl methyl sites for hydroxylation is 2. The molecule has 0 spiro atoms. The average Bonchev–Trinajstić information content (AvgIpc) is 2.85. The summed E-state index contributed by atoms with van der Waals surface area (Å²) in [6.07, 6.45) is 2.02. The summed E-state index contributed by atoms with van der Waals surface area (Å²) in [4.78, 5) is 31.5. The summed E-state index contributed by atoms with van der Waals surface area (Å²) in [6.45, 7) is 8.91. The Hall–Kier alpha value is -3.02. The highest BCUT2D eigenvalue weighted by molar-refractivity contribution is 5.94. The Labute approximate surface area is 191 Å². The molecule has 4 rings (SSSR count). The van der Waals surface area contributed by atoms with Gasteiger partial charge in [0.05, 0.1) is 0 Å². The third-order valence-electron chi connectivity index (χ3n) is 6.80. The number of piperidine rings is 1. The molecule has 2 aromatic carbocycles. The first-order chi connectivity index (χ1) is 15.5. The number of carbonyl (C=O) groups is 2. The van der Waals surface area contributed by atoms with Crippen molar-refractivity contribution in [3.8, 4) is 0 Å². The van der Waals surface area contributed by atoms with Crippen molar-refractivity contribution in [2.24, 2.45) is 0 Å². The maximum absolute atomic E-state index is 13.3. The van der Waals surface area contributed by atoms with Crippen molar-refractivity contribution in [1.29, 1.82) is 0 Å². The molecular weight excluding hydrogens is 400 g/mol. The van der Waals surface area contributed by atoms with Crippen LogP contribution < -0.4 is 10.2 Å². The predicted octanol–water partition coefficient (Wildman–Crippen LogP) is 3.78. The molecule has 2 aliphatic rings. The molecule has 170 valence electrons. The molecule has 0 saturated carbocycles. The van der Waals surface area contributed by atoms with Gasteiger partial charge in [0.25, 0.3) is 5.91 Å². The highest BCUT2D eigenvalue weighted by Gasteiger charge is 2.26. The number of likely N-dealkylation sites (tertiary alicyclic amines) is 1. The number of piperazine rings is 1. The highest BCUT2D eigenvalue weighted by atomic mass is 16.2. The number of carbonyl (C=O) groups excluding carboxylic acids is 2. The summed E-state index contributed by atoms with van der Waals surface area (Å²) in [5.41, 5.74) is 5.72. The SMILES string of the molecule is CNC(=O)N1CCC[C@@H](c2cccc(C(=O)N3CCN(c4cc(C)ccc4C)CC3)c2)C1. The maximum atomic E-state index is 13.3. The smallest absolute Gasteiger partial charge is 0.317 e. The quantitative estimate of drug-likeness (QED) is 0.800. The van der Waals surface area contributed by atoms with Crippen LogP contribution in [0.15, 0.2) is 42.5 Å². The molecule has 0 radical (unpaired) electrons. The average molecular weight is 435 g/mol. The van der Waals surface area contributed by atoms with Gasteiger partial charge in [-0.3, -0.25) is 4.79 Å². The molecule has 3 amide bonds. The van der Waals surface area contributed by atoms with Crippen molar-refractivity contribution >= 4 is 17.6 Å². The van der Waals surface area contributed by atoms with Crippen molar-refractivity contribution in [3.63, 3.8) is 0 Å². The van der Waals surface area contributed by atoms with E-state index in [1.54, 1.807) is 7.05 Å². The molecule has 0 aromatic heterocycles. The summed E-state index contributed by atoms with van der Waals surface area (Å²) in [7, 11) is 1.67. The molecule has 2 fully saturated rings. The molecule has 0 bridgehead atoms. The molecule has 0 aliphatic carbocycles. The zero-order chi connectivity index (χ0) is 22.7. The van der Waals surface area contributed by atoms with Gasteiger partial charge in [0.2, 0.25) is 0 Å². The summed E-state index contributed by atoms with van der Waals surface area (Å²) in [5.74, 6) is 0.376. The summed E-state index contributed by atoms with van der Waals surface area (Å²) < 4.78 is 0. The minimum absolute atomic E-state index is 0.0244. The normalized spacial score (nSPS) is 19.1. The molecule has 6 heteroatoms. The van der Waals surface area contributed by atoms with Gasteiger partial charge in [0.15, 0.2) is 0 Å². The third-order valence-corrected chi connectivity index (χ3v) is 6.80. The van der Waals surface area contributed by atoms with Crippen LogP contribution in [0.4, 0.5) is 10.5 Å². The number of hydrogen-bond acceptors (Lipinski definition) is 3. The van der Waals surface area contributed by atoms with Crippen molar-refractivity contribution in [1.82, 2.24) is 15.1 Å². The second kappa shape index (κ2) is 9.63. The Kier molecular flexibility index (Phi) is 6.68. The first-order valence-corrected chi connectivity index (χ1v) is 11.6. The highest BCUT2D eigenvalue weighted by Crippen LogP contribution is 2.28. The summed E-state index contributed by atoms with van der Waals surface area (Å²) in [5, 5.41) is 2.72. The number of nitrogens with zero attached hydrogens (tertiary/aromatic N) is 3. The van der Waals surface area contributed by atoms with Gasteiger partial charge in [-0.1, -0.05) is 24.3 Å². The second-order valence-corrected chi connectivity index (χ2v) is 9.03. The van der Waals surface area contributed by atoms with Gasteiger partial charge < -0.3 is 20.0 Å². The summed E-state index contributed by atoms with van der Waals surface area (Å²) >= 11 is 0. The number of benzene rings is 2. The van der Waals surface area contributed by atoms with Crippen LogP contribution in [0.2, 0.25) is 0 Å². The van der Waals surface area contributed by atoms with Crippen LogP contribution in [0, 0.1) is 13.8 Å². The van der Waals surface area contributed by atoms with Gasteiger partial charge in [-0.25, -0.2) is 4.79 Å². The lowest BCUT2D eigenvalue weighted by molar-refractivity contribution is 0.0746. The van der Waals surface area contributed by atoms with E-state index in [9.17, 15) is 9.59 Å². The van der Waals surface area contributed by atoms with Crippen molar-refractivity contribution in [2.75, 3.05) is 51.2 Å². The van der Waals surface area contributed by atoms with E-state index >= 15 is 0 Å².